The number of hydrogen-bond donors (Lipinski definition) is 2. The van der Waals surface area contributed by atoms with Gasteiger partial charge in [0, 0.05) is 6.07 Å². The minimum atomic E-state index is -0.0973. The highest BCUT2D eigenvalue weighted by molar-refractivity contribution is 14.0. The third-order valence-electron chi connectivity index (χ3n) is 3.27. The molecule has 2 aromatic rings. The van der Waals surface area contributed by atoms with Gasteiger partial charge in [0.2, 0.25) is 0 Å². The van der Waals surface area contributed by atoms with E-state index in [1.54, 1.807) is 26.4 Å². The van der Waals surface area contributed by atoms with E-state index >= 15 is 0 Å². The number of rotatable bonds is 7. The number of nitrogens with two attached hydrogens (primary N) is 1. The molecule has 0 aliphatic carbocycles. The van der Waals surface area contributed by atoms with Crippen molar-refractivity contribution in [3.05, 3.63) is 48.5 Å². The zero-order valence-electron chi connectivity index (χ0n) is 14.6. The van der Waals surface area contributed by atoms with E-state index in [4.69, 9.17) is 19.9 Å². The van der Waals surface area contributed by atoms with Crippen molar-refractivity contribution in [3.8, 4) is 17.2 Å². The number of aliphatic imine (C=N–C) groups is 1. The normalized spacial score (nSPS) is 11.9. The third-order valence-corrected chi connectivity index (χ3v) is 3.27. The molecule has 0 heterocycles. The van der Waals surface area contributed by atoms with Crippen LogP contribution in [0.3, 0.4) is 0 Å². The molecule has 2 rings (SSSR count). The van der Waals surface area contributed by atoms with Gasteiger partial charge in [-0.15, -0.1) is 24.0 Å². The summed E-state index contributed by atoms with van der Waals surface area (Å²) in [5.74, 6) is 2.45. The Hall–Kier alpha value is -2.16. The number of halogens is 1. The molecular weight excluding hydrogens is 433 g/mol. The average Bonchev–Trinajstić information content (AvgIpc) is 2.60. The van der Waals surface area contributed by atoms with E-state index in [9.17, 15) is 0 Å². The number of hydrogen-bond acceptors (Lipinski definition) is 4. The van der Waals surface area contributed by atoms with E-state index in [1.807, 2.05) is 43.3 Å². The molecule has 0 spiro atoms. The van der Waals surface area contributed by atoms with Crippen molar-refractivity contribution in [1.29, 1.82) is 0 Å². The maximum Gasteiger partial charge on any atom is 0.193 e. The van der Waals surface area contributed by atoms with E-state index in [0.717, 1.165) is 5.75 Å². The molecule has 136 valence electrons. The van der Waals surface area contributed by atoms with E-state index in [-0.39, 0.29) is 36.0 Å². The van der Waals surface area contributed by atoms with Crippen LogP contribution in [0.5, 0.6) is 17.2 Å². The summed E-state index contributed by atoms with van der Waals surface area (Å²) in [7, 11) is 3.20. The lowest BCUT2D eigenvalue weighted by atomic mass is 10.2. The predicted molar refractivity (Wildman–Crippen MR) is 112 cm³/mol. The number of anilines is 1. The van der Waals surface area contributed by atoms with Crippen LogP contribution in [0.25, 0.3) is 0 Å². The fourth-order valence-electron chi connectivity index (χ4n) is 2.08. The van der Waals surface area contributed by atoms with Crippen LogP contribution >= 0.6 is 24.0 Å². The Morgan fingerprint density at radius 2 is 1.80 bits per heavy atom. The predicted octanol–water partition coefficient (Wildman–Crippen LogP) is 3.52. The largest absolute Gasteiger partial charge is 0.497 e. The fourth-order valence-corrected chi connectivity index (χ4v) is 2.08. The van der Waals surface area contributed by atoms with Crippen LogP contribution in [-0.4, -0.2) is 32.8 Å². The molecule has 0 saturated carbocycles. The maximum atomic E-state index is 5.95. The highest BCUT2D eigenvalue weighted by atomic mass is 127. The molecule has 1 unspecified atom stereocenters. The van der Waals surface area contributed by atoms with E-state index < -0.39 is 0 Å². The Bertz CT molecular complexity index is 681. The molecule has 3 N–H and O–H groups in total. The molecule has 0 aromatic heterocycles. The molecule has 0 radical (unpaired) electrons. The number of ether oxygens (including phenoxy) is 3. The SMILES string of the molecule is COc1ccc(OC)c(NC(N)=NCC(C)Oc2ccccc2)c1.I. The van der Waals surface area contributed by atoms with Crippen LogP contribution in [-0.2, 0) is 0 Å². The van der Waals surface area contributed by atoms with Gasteiger partial charge in [-0.2, -0.15) is 0 Å². The molecule has 1 atom stereocenters. The Kier molecular flexibility index (Phi) is 8.90. The number of methoxy groups -OCH3 is 2. The molecule has 0 aliphatic heterocycles. The van der Waals surface area contributed by atoms with Gasteiger partial charge in [-0.3, -0.25) is 0 Å². The van der Waals surface area contributed by atoms with Crippen LogP contribution in [0.1, 0.15) is 6.92 Å². The van der Waals surface area contributed by atoms with Crippen molar-refractivity contribution in [3.63, 3.8) is 0 Å². The molecule has 0 fully saturated rings. The summed E-state index contributed by atoms with van der Waals surface area (Å²) < 4.78 is 16.3. The standard InChI is InChI=1S/C18H23N3O3.HI/c1-13(24-14-7-5-4-6-8-14)12-20-18(19)21-16-11-15(22-2)9-10-17(16)23-3;/h4-11,13H,12H2,1-3H3,(H3,19,20,21);1H. The molecule has 0 saturated heterocycles. The van der Waals surface area contributed by atoms with Crippen LogP contribution in [0.2, 0.25) is 0 Å². The number of nitrogens with one attached hydrogen (secondary N) is 1. The highest BCUT2D eigenvalue weighted by Gasteiger charge is 2.07. The molecule has 0 amide bonds. The van der Waals surface area contributed by atoms with Crippen molar-refractivity contribution >= 4 is 35.6 Å². The number of nitrogens with zero attached hydrogens (tertiary/aromatic N) is 1. The van der Waals surface area contributed by atoms with E-state index in [2.05, 4.69) is 10.3 Å². The summed E-state index contributed by atoms with van der Waals surface area (Å²) in [5, 5.41) is 3.02. The minimum Gasteiger partial charge on any atom is -0.497 e. The van der Waals surface area contributed by atoms with Gasteiger partial charge in [0.05, 0.1) is 26.5 Å². The molecule has 2 aromatic carbocycles. The summed E-state index contributed by atoms with van der Waals surface area (Å²) in [6.07, 6.45) is -0.0973. The zero-order chi connectivity index (χ0) is 17.4. The van der Waals surface area contributed by atoms with Gasteiger partial charge in [-0.25, -0.2) is 4.99 Å². The quantitative estimate of drug-likeness (QED) is 0.378. The van der Waals surface area contributed by atoms with Crippen molar-refractivity contribution < 1.29 is 14.2 Å². The van der Waals surface area contributed by atoms with Crippen LogP contribution < -0.4 is 25.3 Å². The summed E-state index contributed by atoms with van der Waals surface area (Å²) in [4.78, 5) is 4.31. The summed E-state index contributed by atoms with van der Waals surface area (Å²) in [5.41, 5.74) is 6.64. The summed E-state index contributed by atoms with van der Waals surface area (Å²) in [6.45, 7) is 2.37. The number of benzene rings is 2. The Balaban J connectivity index is 0.00000312. The molecule has 0 aliphatic rings. The second-order valence-electron chi connectivity index (χ2n) is 5.16. The lowest BCUT2D eigenvalue weighted by molar-refractivity contribution is 0.230. The third kappa shape index (κ3) is 6.69. The zero-order valence-corrected chi connectivity index (χ0v) is 16.9. The van der Waals surface area contributed by atoms with Gasteiger partial charge < -0.3 is 25.3 Å². The second kappa shape index (κ2) is 10.7. The highest BCUT2D eigenvalue weighted by Crippen LogP contribution is 2.28. The van der Waals surface area contributed by atoms with Gasteiger partial charge in [-0.1, -0.05) is 18.2 Å². The summed E-state index contributed by atoms with van der Waals surface area (Å²) >= 11 is 0. The molecule has 25 heavy (non-hydrogen) atoms. The maximum absolute atomic E-state index is 5.95. The molecule has 6 nitrogen and oxygen atoms in total. The van der Waals surface area contributed by atoms with Gasteiger partial charge in [0.15, 0.2) is 5.96 Å². The number of para-hydroxylation sites is 1. The first kappa shape index (κ1) is 20.9. The average molecular weight is 457 g/mol. The van der Waals surface area contributed by atoms with E-state index in [0.29, 0.717) is 23.7 Å². The van der Waals surface area contributed by atoms with Gasteiger partial charge in [0.1, 0.15) is 23.4 Å². The smallest absolute Gasteiger partial charge is 0.193 e. The summed E-state index contributed by atoms with van der Waals surface area (Å²) in [6, 6.07) is 15.0. The van der Waals surface area contributed by atoms with Gasteiger partial charge >= 0.3 is 0 Å². The van der Waals surface area contributed by atoms with Crippen LogP contribution in [0, 0.1) is 0 Å². The Labute approximate surface area is 165 Å². The van der Waals surface area contributed by atoms with E-state index in [1.165, 1.54) is 0 Å². The van der Waals surface area contributed by atoms with Crippen molar-refractivity contribution in [2.24, 2.45) is 10.7 Å². The monoisotopic (exact) mass is 457 g/mol. The topological polar surface area (TPSA) is 78.1 Å². The second-order valence-corrected chi connectivity index (χ2v) is 5.16. The van der Waals surface area contributed by atoms with Gasteiger partial charge in [0.25, 0.3) is 0 Å². The minimum absolute atomic E-state index is 0. The lowest BCUT2D eigenvalue weighted by Crippen LogP contribution is -2.26. The first-order chi connectivity index (χ1) is 11.6. The number of guanidine groups is 1. The van der Waals surface area contributed by atoms with Crippen molar-refractivity contribution in [2.75, 3.05) is 26.1 Å². The molecule has 0 bridgehead atoms. The first-order valence-corrected chi connectivity index (χ1v) is 7.63. The Morgan fingerprint density at radius 3 is 2.44 bits per heavy atom. The van der Waals surface area contributed by atoms with Crippen LogP contribution in [0.4, 0.5) is 5.69 Å². The van der Waals surface area contributed by atoms with Crippen LogP contribution in [0.15, 0.2) is 53.5 Å². The Morgan fingerprint density at radius 1 is 1.08 bits per heavy atom. The lowest BCUT2D eigenvalue weighted by Gasteiger charge is -2.14. The fraction of sp³-hybridized carbons (Fsp3) is 0.278. The molecular formula is C18H24IN3O3. The van der Waals surface area contributed by atoms with Gasteiger partial charge in [-0.05, 0) is 31.2 Å². The first-order valence-electron chi connectivity index (χ1n) is 7.63. The van der Waals surface area contributed by atoms with Crippen molar-refractivity contribution in [2.45, 2.75) is 13.0 Å². The molecule has 7 heteroatoms. The van der Waals surface area contributed by atoms with Crippen molar-refractivity contribution in [1.82, 2.24) is 0 Å².